The summed E-state index contributed by atoms with van der Waals surface area (Å²) in [5.74, 6) is 0.565. The van der Waals surface area contributed by atoms with Crippen LogP contribution in [0.3, 0.4) is 0 Å². The lowest BCUT2D eigenvalue weighted by atomic mass is 10.1. The lowest BCUT2D eigenvalue weighted by Gasteiger charge is -2.09. The molecule has 4 nitrogen and oxygen atoms in total. The van der Waals surface area contributed by atoms with Crippen LogP contribution in [0, 0.1) is 0 Å². The van der Waals surface area contributed by atoms with E-state index in [1.54, 1.807) is 6.08 Å². The molecule has 0 unspecified atom stereocenters. The van der Waals surface area contributed by atoms with Crippen LogP contribution in [0.25, 0.3) is 6.08 Å². The van der Waals surface area contributed by atoms with Crippen molar-refractivity contribution in [3.8, 4) is 5.75 Å². The molecular formula is C20H24N2O2. The second-order valence-electron chi connectivity index (χ2n) is 5.46. The Bertz CT molecular complexity index is 681. The third-order valence-corrected chi connectivity index (χ3v) is 3.52. The molecule has 0 aliphatic rings. The molecule has 0 saturated carbocycles. The minimum Gasteiger partial charge on any atom is -0.491 e. The monoisotopic (exact) mass is 324 g/mol. The van der Waals surface area contributed by atoms with Crippen LogP contribution in [0.4, 0.5) is 5.69 Å². The Balaban J connectivity index is 1.82. The number of anilines is 1. The van der Waals surface area contributed by atoms with Gasteiger partial charge in [0.2, 0.25) is 5.91 Å². The van der Waals surface area contributed by atoms with E-state index >= 15 is 0 Å². The molecule has 0 spiro atoms. The summed E-state index contributed by atoms with van der Waals surface area (Å²) in [6, 6.07) is 15.9. The number of nitrogen functional groups attached to an aromatic ring is 1. The molecule has 0 aliphatic heterocycles. The molecule has 0 heterocycles. The zero-order chi connectivity index (χ0) is 17.2. The summed E-state index contributed by atoms with van der Waals surface area (Å²) in [4.78, 5) is 11.4. The molecule has 3 N–H and O–H groups in total. The van der Waals surface area contributed by atoms with Crippen LogP contribution in [-0.2, 0) is 11.2 Å². The fraction of sp³-hybridized carbons (Fsp3) is 0.250. The number of rotatable bonds is 8. The van der Waals surface area contributed by atoms with Crippen molar-refractivity contribution >= 4 is 17.7 Å². The van der Waals surface area contributed by atoms with E-state index in [1.165, 1.54) is 11.6 Å². The predicted molar refractivity (Wildman–Crippen MR) is 98.8 cm³/mol. The van der Waals surface area contributed by atoms with Crippen LogP contribution in [0.2, 0.25) is 0 Å². The third-order valence-electron chi connectivity index (χ3n) is 3.52. The molecule has 2 aromatic carbocycles. The van der Waals surface area contributed by atoms with Gasteiger partial charge in [0.25, 0.3) is 0 Å². The van der Waals surface area contributed by atoms with Crippen molar-refractivity contribution in [3.05, 3.63) is 65.7 Å². The van der Waals surface area contributed by atoms with Gasteiger partial charge >= 0.3 is 0 Å². The summed E-state index contributed by atoms with van der Waals surface area (Å²) >= 11 is 0. The Hall–Kier alpha value is -2.75. The predicted octanol–water partition coefficient (Wildman–Crippen LogP) is 3.43. The molecule has 0 fully saturated rings. The van der Waals surface area contributed by atoms with Crippen molar-refractivity contribution in [1.29, 1.82) is 0 Å². The Morgan fingerprint density at radius 3 is 2.71 bits per heavy atom. The lowest BCUT2D eigenvalue weighted by Crippen LogP contribution is -2.19. The maximum atomic E-state index is 11.4. The number of nitrogens with one attached hydrogen (secondary N) is 1. The maximum Gasteiger partial charge on any atom is 0.243 e. The number of aryl methyl sites for hydroxylation is 1. The fourth-order valence-electron chi connectivity index (χ4n) is 2.31. The number of carbonyl (C=O) groups is 1. The second kappa shape index (κ2) is 9.40. The van der Waals surface area contributed by atoms with Gasteiger partial charge in [-0.05, 0) is 49.1 Å². The Labute approximate surface area is 143 Å². The summed E-state index contributed by atoms with van der Waals surface area (Å²) in [5.41, 5.74) is 8.77. The van der Waals surface area contributed by atoms with Crippen LogP contribution >= 0.6 is 0 Å². The van der Waals surface area contributed by atoms with Gasteiger partial charge in [0.05, 0.1) is 12.3 Å². The van der Waals surface area contributed by atoms with Crippen LogP contribution in [0.5, 0.6) is 5.75 Å². The van der Waals surface area contributed by atoms with Gasteiger partial charge in [-0.3, -0.25) is 4.79 Å². The van der Waals surface area contributed by atoms with Gasteiger partial charge in [-0.15, -0.1) is 0 Å². The quantitative estimate of drug-likeness (QED) is 0.444. The van der Waals surface area contributed by atoms with E-state index in [1.807, 2.05) is 43.3 Å². The van der Waals surface area contributed by atoms with E-state index < -0.39 is 0 Å². The zero-order valence-corrected chi connectivity index (χ0v) is 14.0. The van der Waals surface area contributed by atoms with E-state index in [0.717, 1.165) is 18.4 Å². The number of benzene rings is 2. The highest BCUT2D eigenvalue weighted by Crippen LogP contribution is 2.23. The number of carbonyl (C=O) groups excluding carboxylic acids is 1. The minimum absolute atomic E-state index is 0.114. The maximum absolute atomic E-state index is 11.4. The van der Waals surface area contributed by atoms with Crippen molar-refractivity contribution in [1.82, 2.24) is 5.32 Å². The highest BCUT2D eigenvalue weighted by Gasteiger charge is 2.02. The number of hydrogen-bond donors (Lipinski definition) is 2. The number of amides is 1. The van der Waals surface area contributed by atoms with Crippen molar-refractivity contribution in [3.63, 3.8) is 0 Å². The van der Waals surface area contributed by atoms with Gasteiger partial charge in [-0.1, -0.05) is 36.4 Å². The van der Waals surface area contributed by atoms with Gasteiger partial charge in [-0.25, -0.2) is 0 Å². The van der Waals surface area contributed by atoms with Crippen LogP contribution < -0.4 is 15.8 Å². The smallest absolute Gasteiger partial charge is 0.243 e. The van der Waals surface area contributed by atoms with Gasteiger partial charge in [0, 0.05) is 12.6 Å². The molecule has 4 heteroatoms. The molecule has 0 bridgehead atoms. The van der Waals surface area contributed by atoms with Gasteiger partial charge in [0.15, 0.2) is 0 Å². The molecule has 0 aliphatic carbocycles. The standard InChI is InChI=1S/C20H24N2O2/c1-2-22-20(23)13-11-17-10-12-19(18(21)15-17)24-14-6-9-16-7-4-3-5-8-16/h3-5,7-8,10-13,15H,2,6,9,14,21H2,1H3,(H,22,23)/b13-11-. The topological polar surface area (TPSA) is 64.3 Å². The number of nitrogens with two attached hydrogens (primary N) is 1. The van der Waals surface area contributed by atoms with Crippen molar-refractivity contribution in [2.45, 2.75) is 19.8 Å². The fourth-order valence-corrected chi connectivity index (χ4v) is 2.31. The van der Waals surface area contributed by atoms with Crippen molar-refractivity contribution < 1.29 is 9.53 Å². The van der Waals surface area contributed by atoms with Crippen LogP contribution in [-0.4, -0.2) is 19.1 Å². The zero-order valence-electron chi connectivity index (χ0n) is 14.0. The first-order chi connectivity index (χ1) is 11.7. The van der Waals surface area contributed by atoms with Gasteiger partial charge in [0.1, 0.15) is 5.75 Å². The molecule has 1 amide bonds. The Morgan fingerprint density at radius 2 is 2.00 bits per heavy atom. The molecule has 0 aromatic heterocycles. The number of ether oxygens (including phenoxy) is 1. The lowest BCUT2D eigenvalue weighted by molar-refractivity contribution is -0.116. The first kappa shape index (κ1) is 17.6. The molecule has 0 radical (unpaired) electrons. The van der Waals surface area contributed by atoms with Crippen molar-refractivity contribution in [2.24, 2.45) is 0 Å². The van der Waals surface area contributed by atoms with E-state index in [2.05, 4.69) is 17.4 Å². The van der Waals surface area contributed by atoms with Crippen LogP contribution in [0.1, 0.15) is 24.5 Å². The average Bonchev–Trinajstić information content (AvgIpc) is 2.59. The summed E-state index contributed by atoms with van der Waals surface area (Å²) in [5, 5.41) is 2.71. The molecular weight excluding hydrogens is 300 g/mol. The van der Waals surface area contributed by atoms with E-state index in [4.69, 9.17) is 10.5 Å². The van der Waals surface area contributed by atoms with Gasteiger partial charge < -0.3 is 15.8 Å². The second-order valence-corrected chi connectivity index (χ2v) is 5.46. The molecule has 24 heavy (non-hydrogen) atoms. The van der Waals surface area contributed by atoms with E-state index in [0.29, 0.717) is 24.6 Å². The summed E-state index contributed by atoms with van der Waals surface area (Å²) in [6.45, 7) is 3.11. The molecule has 0 saturated heterocycles. The molecule has 0 atom stereocenters. The summed E-state index contributed by atoms with van der Waals surface area (Å²) < 4.78 is 5.75. The summed E-state index contributed by atoms with van der Waals surface area (Å²) in [6.07, 6.45) is 5.15. The highest BCUT2D eigenvalue weighted by molar-refractivity contribution is 5.91. The summed E-state index contributed by atoms with van der Waals surface area (Å²) in [7, 11) is 0. The Kier molecular flexibility index (Phi) is 6.90. The number of likely N-dealkylation sites (N-methyl/N-ethyl adjacent to an activating group) is 1. The molecule has 2 aromatic rings. The average molecular weight is 324 g/mol. The first-order valence-electron chi connectivity index (χ1n) is 8.21. The minimum atomic E-state index is -0.114. The highest BCUT2D eigenvalue weighted by atomic mass is 16.5. The number of hydrogen-bond acceptors (Lipinski definition) is 3. The molecule has 2 rings (SSSR count). The SMILES string of the molecule is CCNC(=O)/C=C\c1ccc(OCCCc2ccccc2)c(N)c1. The van der Waals surface area contributed by atoms with E-state index in [9.17, 15) is 4.79 Å². The normalized spacial score (nSPS) is 10.7. The molecule has 126 valence electrons. The first-order valence-corrected chi connectivity index (χ1v) is 8.21. The van der Waals surface area contributed by atoms with Crippen LogP contribution in [0.15, 0.2) is 54.6 Å². The van der Waals surface area contributed by atoms with Gasteiger partial charge in [-0.2, -0.15) is 0 Å². The van der Waals surface area contributed by atoms with E-state index in [-0.39, 0.29) is 5.91 Å². The third kappa shape index (κ3) is 5.80. The Morgan fingerprint density at radius 1 is 1.21 bits per heavy atom. The van der Waals surface area contributed by atoms with Crippen molar-refractivity contribution in [2.75, 3.05) is 18.9 Å². The largest absolute Gasteiger partial charge is 0.491 e.